The zero-order valence-electron chi connectivity index (χ0n) is 17.7. The predicted octanol–water partition coefficient (Wildman–Crippen LogP) is 7.07. The third-order valence-corrected chi connectivity index (χ3v) is 6.13. The molecule has 0 aromatic heterocycles. The minimum atomic E-state index is -1.77. The van der Waals surface area contributed by atoms with E-state index in [-0.39, 0.29) is 0 Å². The first-order valence-corrected chi connectivity index (χ1v) is 16.9. The molecule has 0 saturated heterocycles. The molecule has 148 valence electrons. The normalized spacial score (nSPS) is 12.0. The van der Waals surface area contributed by atoms with E-state index in [0.717, 1.165) is 38.4 Å². The minimum absolute atomic E-state index is 0.474. The topological polar surface area (TPSA) is 27.7 Å². The molecule has 0 fully saturated rings. The Morgan fingerprint density at radius 2 is 1.30 bits per heavy atom. The van der Waals surface area contributed by atoms with Crippen LogP contribution in [-0.4, -0.2) is 16.6 Å². The lowest BCUT2D eigenvalue weighted by atomic mass is 10.1. The molecule has 2 rings (SSSR count). The number of aryl methyl sites for hydroxylation is 2. The maximum Gasteiger partial charge on any atom is 0.242 e. The summed E-state index contributed by atoms with van der Waals surface area (Å²) in [4.78, 5) is 0. The lowest BCUT2D eigenvalue weighted by Crippen LogP contribution is -2.32. The second-order valence-electron chi connectivity index (χ2n) is 8.83. The van der Waals surface area contributed by atoms with Gasteiger partial charge in [-0.05, 0) is 76.4 Å². The molecule has 6 heteroatoms. The van der Waals surface area contributed by atoms with Crippen LogP contribution < -0.4 is 13.6 Å². The highest BCUT2D eigenvalue weighted by atomic mass is 79.9. The summed E-state index contributed by atoms with van der Waals surface area (Å²) in [5.74, 6) is 2.58. The third-order valence-electron chi connectivity index (χ3n) is 3.73. The highest BCUT2D eigenvalue weighted by molar-refractivity contribution is 9.10. The van der Waals surface area contributed by atoms with Gasteiger partial charge in [0.05, 0.1) is 0 Å². The number of ether oxygens (including phenoxy) is 1. The van der Waals surface area contributed by atoms with Crippen molar-refractivity contribution in [3.05, 3.63) is 51.5 Å². The molecule has 0 aliphatic carbocycles. The van der Waals surface area contributed by atoms with Gasteiger partial charge in [-0.3, -0.25) is 0 Å². The van der Waals surface area contributed by atoms with Gasteiger partial charge in [-0.15, -0.1) is 0 Å². The van der Waals surface area contributed by atoms with Crippen LogP contribution in [0.4, 0.5) is 0 Å². The zero-order chi connectivity index (χ0) is 20.4. The SMILES string of the molecule is Cc1cccc(C)c1OCc1cc(O[Si](C)(C)C)c(O[Si](C)(C)C)cc1Br. The highest BCUT2D eigenvalue weighted by Gasteiger charge is 2.24. The van der Waals surface area contributed by atoms with E-state index in [4.69, 9.17) is 13.6 Å². The molecule has 0 saturated carbocycles. The van der Waals surface area contributed by atoms with Crippen LogP contribution in [0.25, 0.3) is 0 Å². The maximum absolute atomic E-state index is 6.33. The molecule has 0 aliphatic heterocycles. The van der Waals surface area contributed by atoms with Gasteiger partial charge in [-0.25, -0.2) is 0 Å². The Morgan fingerprint density at radius 1 is 0.815 bits per heavy atom. The summed E-state index contributed by atoms with van der Waals surface area (Å²) < 4.78 is 19.7. The molecule has 2 aromatic carbocycles. The van der Waals surface area contributed by atoms with Crippen molar-refractivity contribution >= 4 is 32.6 Å². The van der Waals surface area contributed by atoms with Crippen LogP contribution in [0, 0.1) is 13.8 Å². The van der Waals surface area contributed by atoms with Gasteiger partial charge in [-0.1, -0.05) is 34.1 Å². The molecule has 0 N–H and O–H groups in total. The average Bonchev–Trinajstić information content (AvgIpc) is 2.47. The van der Waals surface area contributed by atoms with Gasteiger partial charge in [0.25, 0.3) is 0 Å². The molecule has 0 aliphatic rings. The van der Waals surface area contributed by atoms with Crippen molar-refractivity contribution in [3.8, 4) is 17.2 Å². The van der Waals surface area contributed by atoms with Crippen LogP contribution >= 0.6 is 15.9 Å². The first-order chi connectivity index (χ1) is 12.4. The molecule has 0 radical (unpaired) electrons. The number of halogens is 1. The van der Waals surface area contributed by atoms with Gasteiger partial charge in [-0.2, -0.15) is 0 Å². The fourth-order valence-corrected chi connectivity index (χ4v) is 4.76. The number of hydrogen-bond donors (Lipinski definition) is 0. The van der Waals surface area contributed by atoms with Crippen molar-refractivity contribution in [2.24, 2.45) is 0 Å². The van der Waals surface area contributed by atoms with Crippen LogP contribution in [0.3, 0.4) is 0 Å². The molecule has 0 heterocycles. The highest BCUT2D eigenvalue weighted by Crippen LogP contribution is 2.37. The Morgan fingerprint density at radius 3 is 1.78 bits per heavy atom. The molecule has 0 atom stereocenters. The molecule has 3 nitrogen and oxygen atoms in total. The van der Waals surface area contributed by atoms with Gasteiger partial charge < -0.3 is 13.6 Å². The van der Waals surface area contributed by atoms with Crippen LogP contribution in [0.5, 0.6) is 17.2 Å². The predicted molar refractivity (Wildman–Crippen MR) is 122 cm³/mol. The summed E-state index contributed by atoms with van der Waals surface area (Å²) in [6.45, 7) is 17.7. The summed E-state index contributed by atoms with van der Waals surface area (Å²) in [5.41, 5.74) is 3.33. The van der Waals surface area contributed by atoms with Crippen LogP contribution in [-0.2, 0) is 6.61 Å². The maximum atomic E-state index is 6.33. The Labute approximate surface area is 174 Å². The molecule has 0 bridgehead atoms. The fraction of sp³-hybridized carbons (Fsp3) is 0.429. The van der Waals surface area contributed by atoms with E-state index >= 15 is 0 Å². The lowest BCUT2D eigenvalue weighted by Gasteiger charge is -2.27. The summed E-state index contributed by atoms with van der Waals surface area (Å²) in [7, 11) is -3.52. The van der Waals surface area contributed by atoms with E-state index < -0.39 is 16.6 Å². The van der Waals surface area contributed by atoms with Crippen molar-refractivity contribution in [2.75, 3.05) is 0 Å². The van der Waals surface area contributed by atoms with E-state index in [0.29, 0.717) is 6.61 Å². The average molecular weight is 468 g/mol. The summed E-state index contributed by atoms with van der Waals surface area (Å²) >= 11 is 3.69. The molecular formula is C21H31BrO3Si2. The van der Waals surface area contributed by atoms with Crippen LogP contribution in [0.15, 0.2) is 34.8 Å². The molecule has 0 unspecified atom stereocenters. The Kier molecular flexibility index (Phi) is 6.87. The molecule has 2 aromatic rings. The number of benzene rings is 2. The van der Waals surface area contributed by atoms with Gasteiger partial charge >= 0.3 is 0 Å². The van der Waals surface area contributed by atoms with Crippen LogP contribution in [0.2, 0.25) is 39.3 Å². The van der Waals surface area contributed by atoms with E-state index in [1.54, 1.807) is 0 Å². The summed E-state index contributed by atoms with van der Waals surface area (Å²) in [5, 5.41) is 0. The zero-order valence-corrected chi connectivity index (χ0v) is 21.3. The second kappa shape index (κ2) is 8.41. The van der Waals surface area contributed by atoms with E-state index in [9.17, 15) is 0 Å². The molecule has 0 spiro atoms. The first-order valence-electron chi connectivity index (χ1n) is 9.25. The largest absolute Gasteiger partial charge is 0.542 e. The Balaban J connectivity index is 2.35. The third kappa shape index (κ3) is 6.69. The van der Waals surface area contributed by atoms with E-state index in [2.05, 4.69) is 93.3 Å². The van der Waals surface area contributed by atoms with Crippen molar-refractivity contribution in [1.29, 1.82) is 0 Å². The number of rotatable bonds is 7. The number of hydrogen-bond acceptors (Lipinski definition) is 3. The Bertz CT molecular complexity index is 788. The second-order valence-corrected chi connectivity index (χ2v) is 18.5. The van der Waals surface area contributed by atoms with Crippen molar-refractivity contribution in [1.82, 2.24) is 0 Å². The van der Waals surface area contributed by atoms with Crippen molar-refractivity contribution < 1.29 is 13.6 Å². The Hall–Kier alpha value is -1.25. The van der Waals surface area contributed by atoms with Crippen molar-refractivity contribution in [2.45, 2.75) is 59.7 Å². The lowest BCUT2D eigenvalue weighted by molar-refractivity contribution is 0.300. The monoisotopic (exact) mass is 466 g/mol. The smallest absolute Gasteiger partial charge is 0.242 e. The van der Waals surface area contributed by atoms with Gasteiger partial charge in [0.15, 0.2) is 0 Å². The quantitative estimate of drug-likeness (QED) is 0.408. The van der Waals surface area contributed by atoms with Gasteiger partial charge in [0.1, 0.15) is 23.9 Å². The van der Waals surface area contributed by atoms with Gasteiger partial charge in [0.2, 0.25) is 16.6 Å². The van der Waals surface area contributed by atoms with E-state index in [1.165, 1.54) is 0 Å². The molecule has 27 heavy (non-hydrogen) atoms. The molecular weight excluding hydrogens is 436 g/mol. The summed E-state index contributed by atoms with van der Waals surface area (Å²) in [6, 6.07) is 10.3. The molecule has 0 amide bonds. The van der Waals surface area contributed by atoms with Gasteiger partial charge in [0, 0.05) is 10.0 Å². The standard InChI is InChI=1S/C21H31BrO3Si2/c1-15-10-9-11-16(2)21(15)23-14-17-12-19(24-26(3,4)5)20(13-18(17)22)25-27(6,7)8/h9-13H,14H2,1-8H3. The minimum Gasteiger partial charge on any atom is -0.542 e. The van der Waals surface area contributed by atoms with E-state index in [1.807, 2.05) is 6.07 Å². The number of para-hydroxylation sites is 1. The van der Waals surface area contributed by atoms with Crippen molar-refractivity contribution in [3.63, 3.8) is 0 Å². The summed E-state index contributed by atoms with van der Waals surface area (Å²) in [6.07, 6.45) is 0. The fourth-order valence-electron chi connectivity index (χ4n) is 2.68. The first kappa shape index (κ1) is 22.0. The van der Waals surface area contributed by atoms with Crippen LogP contribution in [0.1, 0.15) is 16.7 Å².